The normalized spacial score (nSPS) is 19.5. The van der Waals surface area contributed by atoms with Crippen LogP contribution in [0.4, 0.5) is 0 Å². The molecule has 1 atom stereocenters. The topological polar surface area (TPSA) is 51.0 Å². The second kappa shape index (κ2) is 5.00. The molecule has 20 heavy (non-hydrogen) atoms. The lowest BCUT2D eigenvalue weighted by Crippen LogP contribution is -2.28. The van der Waals surface area contributed by atoms with Crippen LogP contribution in [0, 0.1) is 0 Å². The zero-order chi connectivity index (χ0) is 13.4. The highest BCUT2D eigenvalue weighted by molar-refractivity contribution is 7.17. The maximum absolute atomic E-state index is 5.49. The second-order valence-corrected chi connectivity index (χ2v) is 6.06. The first-order valence-corrected chi connectivity index (χ1v) is 7.81. The Labute approximate surface area is 120 Å². The Morgan fingerprint density at radius 3 is 3.15 bits per heavy atom. The molecule has 0 bridgehead atoms. The highest BCUT2D eigenvalue weighted by Crippen LogP contribution is 2.33. The van der Waals surface area contributed by atoms with Crippen molar-refractivity contribution in [3.05, 3.63) is 35.5 Å². The Kier molecular flexibility index (Phi) is 3.01. The van der Waals surface area contributed by atoms with Crippen molar-refractivity contribution in [2.24, 2.45) is 0 Å². The highest BCUT2D eigenvalue weighted by Gasteiger charge is 2.22. The van der Waals surface area contributed by atoms with E-state index in [-0.39, 0.29) is 0 Å². The molecule has 4 nitrogen and oxygen atoms in total. The Balaban J connectivity index is 1.70. The number of aromatic nitrogens is 2. The molecular weight excluding hydrogens is 270 g/mol. The SMILES string of the molecule is c1ccc2c(-c3nc(C4CCCNC4)no3)csc2c1. The molecule has 1 aromatic carbocycles. The van der Waals surface area contributed by atoms with Crippen molar-refractivity contribution in [3.63, 3.8) is 0 Å². The molecule has 1 aliphatic rings. The lowest BCUT2D eigenvalue weighted by atomic mass is 9.99. The van der Waals surface area contributed by atoms with Gasteiger partial charge in [0.05, 0.1) is 5.56 Å². The van der Waals surface area contributed by atoms with Crippen molar-refractivity contribution in [1.29, 1.82) is 0 Å². The largest absolute Gasteiger partial charge is 0.334 e. The Bertz CT molecular complexity index is 727. The molecule has 0 amide bonds. The number of benzene rings is 1. The number of hydrogen-bond acceptors (Lipinski definition) is 5. The molecule has 2 aromatic heterocycles. The molecule has 1 unspecified atom stereocenters. The van der Waals surface area contributed by atoms with Gasteiger partial charge in [-0.1, -0.05) is 23.4 Å². The quantitative estimate of drug-likeness (QED) is 0.784. The van der Waals surface area contributed by atoms with Crippen molar-refractivity contribution in [1.82, 2.24) is 15.5 Å². The van der Waals surface area contributed by atoms with Crippen molar-refractivity contribution in [2.75, 3.05) is 13.1 Å². The van der Waals surface area contributed by atoms with Gasteiger partial charge in [-0.3, -0.25) is 0 Å². The van der Waals surface area contributed by atoms with Crippen LogP contribution in [0.3, 0.4) is 0 Å². The standard InChI is InChI=1S/C15H15N3OS/c1-2-6-13-11(5-1)12(9-20-13)15-17-14(18-19-15)10-4-3-7-16-8-10/h1-2,5-6,9-10,16H,3-4,7-8H2. The fraction of sp³-hybridized carbons (Fsp3) is 0.333. The van der Waals surface area contributed by atoms with E-state index in [0.717, 1.165) is 30.9 Å². The predicted octanol–water partition coefficient (Wildman–Crippen LogP) is 3.42. The van der Waals surface area contributed by atoms with Crippen molar-refractivity contribution in [2.45, 2.75) is 18.8 Å². The van der Waals surface area contributed by atoms with Gasteiger partial charge in [-0.15, -0.1) is 11.3 Å². The van der Waals surface area contributed by atoms with Crippen LogP contribution in [0.2, 0.25) is 0 Å². The minimum atomic E-state index is 0.381. The number of thiophene rings is 1. The summed E-state index contributed by atoms with van der Waals surface area (Å²) in [5, 5.41) is 10.9. The van der Waals surface area contributed by atoms with Gasteiger partial charge in [-0.05, 0) is 25.5 Å². The van der Waals surface area contributed by atoms with Crippen LogP contribution < -0.4 is 5.32 Å². The number of piperidine rings is 1. The summed E-state index contributed by atoms with van der Waals surface area (Å²) in [6.45, 7) is 2.04. The minimum absolute atomic E-state index is 0.381. The molecule has 102 valence electrons. The van der Waals surface area contributed by atoms with Crippen LogP contribution in [0.1, 0.15) is 24.6 Å². The summed E-state index contributed by atoms with van der Waals surface area (Å²) >= 11 is 1.71. The lowest BCUT2D eigenvalue weighted by molar-refractivity contribution is 0.393. The highest BCUT2D eigenvalue weighted by atomic mass is 32.1. The predicted molar refractivity (Wildman–Crippen MR) is 80.0 cm³/mol. The zero-order valence-corrected chi connectivity index (χ0v) is 11.8. The third-order valence-corrected chi connectivity index (χ3v) is 4.78. The fourth-order valence-electron chi connectivity index (χ4n) is 2.73. The molecule has 4 rings (SSSR count). The van der Waals surface area contributed by atoms with Gasteiger partial charge in [0.2, 0.25) is 0 Å². The Morgan fingerprint density at radius 1 is 1.30 bits per heavy atom. The maximum Gasteiger partial charge on any atom is 0.259 e. The third-order valence-electron chi connectivity index (χ3n) is 3.82. The molecule has 0 spiro atoms. The van der Waals surface area contributed by atoms with Gasteiger partial charge < -0.3 is 9.84 Å². The van der Waals surface area contributed by atoms with E-state index in [0.29, 0.717) is 11.8 Å². The van der Waals surface area contributed by atoms with E-state index in [9.17, 15) is 0 Å². The first-order valence-electron chi connectivity index (χ1n) is 6.93. The van der Waals surface area contributed by atoms with Crippen LogP contribution in [0.15, 0.2) is 34.2 Å². The molecule has 1 aliphatic heterocycles. The van der Waals surface area contributed by atoms with Crippen LogP contribution in [-0.2, 0) is 0 Å². The Hall–Kier alpha value is -1.72. The zero-order valence-electron chi connectivity index (χ0n) is 11.0. The summed E-state index contributed by atoms with van der Waals surface area (Å²) in [4.78, 5) is 4.62. The van der Waals surface area contributed by atoms with Gasteiger partial charge in [0, 0.05) is 27.9 Å². The lowest BCUT2D eigenvalue weighted by Gasteiger charge is -2.19. The summed E-state index contributed by atoms with van der Waals surface area (Å²) in [5.74, 6) is 1.86. The van der Waals surface area contributed by atoms with E-state index in [4.69, 9.17) is 4.52 Å². The molecule has 3 aromatic rings. The number of nitrogens with one attached hydrogen (secondary N) is 1. The Morgan fingerprint density at radius 2 is 2.25 bits per heavy atom. The van der Waals surface area contributed by atoms with E-state index < -0.39 is 0 Å². The second-order valence-electron chi connectivity index (χ2n) is 5.15. The number of hydrogen-bond donors (Lipinski definition) is 1. The van der Waals surface area contributed by atoms with Crippen LogP contribution in [-0.4, -0.2) is 23.2 Å². The average molecular weight is 285 g/mol. The number of fused-ring (bicyclic) bond motifs is 1. The maximum atomic E-state index is 5.49. The summed E-state index contributed by atoms with van der Waals surface area (Å²) in [6, 6.07) is 8.31. The average Bonchev–Trinajstić information content (AvgIpc) is 3.14. The van der Waals surface area contributed by atoms with E-state index in [1.165, 1.54) is 16.5 Å². The van der Waals surface area contributed by atoms with Gasteiger partial charge in [0.1, 0.15) is 0 Å². The molecule has 0 aliphatic carbocycles. The minimum Gasteiger partial charge on any atom is -0.334 e. The molecule has 0 radical (unpaired) electrons. The van der Waals surface area contributed by atoms with Gasteiger partial charge >= 0.3 is 0 Å². The monoisotopic (exact) mass is 285 g/mol. The van der Waals surface area contributed by atoms with E-state index in [1.807, 2.05) is 6.07 Å². The van der Waals surface area contributed by atoms with Crippen molar-refractivity contribution < 1.29 is 4.52 Å². The van der Waals surface area contributed by atoms with Crippen molar-refractivity contribution >= 4 is 21.4 Å². The fourth-order valence-corrected chi connectivity index (χ4v) is 3.66. The van der Waals surface area contributed by atoms with Gasteiger partial charge in [0.15, 0.2) is 5.82 Å². The smallest absolute Gasteiger partial charge is 0.259 e. The summed E-state index contributed by atoms with van der Waals surface area (Å²) < 4.78 is 6.74. The first kappa shape index (κ1) is 12.1. The van der Waals surface area contributed by atoms with E-state index in [1.54, 1.807) is 11.3 Å². The molecular formula is C15H15N3OS. The molecule has 1 saturated heterocycles. The molecule has 3 heterocycles. The van der Waals surface area contributed by atoms with Crippen LogP contribution >= 0.6 is 11.3 Å². The van der Waals surface area contributed by atoms with Gasteiger partial charge in [-0.25, -0.2) is 0 Å². The first-order chi connectivity index (χ1) is 9.92. The number of nitrogens with zero attached hydrogens (tertiary/aromatic N) is 2. The number of rotatable bonds is 2. The van der Waals surface area contributed by atoms with Crippen molar-refractivity contribution in [3.8, 4) is 11.5 Å². The van der Waals surface area contributed by atoms with E-state index in [2.05, 4.69) is 39.0 Å². The third kappa shape index (κ3) is 2.03. The molecule has 0 saturated carbocycles. The summed E-state index contributed by atoms with van der Waals surface area (Å²) in [6.07, 6.45) is 2.31. The van der Waals surface area contributed by atoms with Gasteiger partial charge in [0.25, 0.3) is 5.89 Å². The molecule has 5 heteroatoms. The van der Waals surface area contributed by atoms with Gasteiger partial charge in [-0.2, -0.15) is 4.98 Å². The molecule has 1 fully saturated rings. The summed E-state index contributed by atoms with van der Waals surface area (Å²) in [7, 11) is 0. The van der Waals surface area contributed by atoms with Crippen LogP contribution in [0.5, 0.6) is 0 Å². The molecule has 1 N–H and O–H groups in total. The van der Waals surface area contributed by atoms with Crippen LogP contribution in [0.25, 0.3) is 21.5 Å². The van der Waals surface area contributed by atoms with E-state index >= 15 is 0 Å². The summed E-state index contributed by atoms with van der Waals surface area (Å²) in [5.41, 5.74) is 1.05.